The van der Waals surface area contributed by atoms with Crippen LogP contribution in [-0.4, -0.2) is 42.9 Å². The molecule has 2 fully saturated rings. The Bertz CT molecular complexity index is 364. The van der Waals surface area contributed by atoms with Gasteiger partial charge in [-0.15, -0.1) is 0 Å². The molecule has 1 aliphatic heterocycles. The van der Waals surface area contributed by atoms with E-state index in [4.69, 9.17) is 5.73 Å². The Labute approximate surface area is 121 Å². The highest BCUT2D eigenvalue weighted by atomic mass is 16.2. The Morgan fingerprint density at radius 3 is 2.30 bits per heavy atom. The molecule has 0 aromatic heterocycles. The van der Waals surface area contributed by atoms with Crippen LogP contribution in [0.4, 0.5) is 0 Å². The lowest BCUT2D eigenvalue weighted by atomic mass is 9.78. The fourth-order valence-corrected chi connectivity index (χ4v) is 3.47. The Morgan fingerprint density at radius 1 is 1.10 bits per heavy atom. The van der Waals surface area contributed by atoms with E-state index in [2.05, 4.69) is 12.2 Å². The number of likely N-dealkylation sites (tertiary alicyclic amines) is 1. The highest BCUT2D eigenvalue weighted by molar-refractivity contribution is 5.81. The number of nitrogens with two attached hydrogens (primary N) is 1. The van der Waals surface area contributed by atoms with E-state index in [0.717, 1.165) is 32.1 Å². The first-order valence-electron chi connectivity index (χ1n) is 7.79. The van der Waals surface area contributed by atoms with Crippen molar-refractivity contribution in [1.82, 2.24) is 10.2 Å². The van der Waals surface area contributed by atoms with Crippen molar-refractivity contribution < 1.29 is 9.59 Å². The first-order valence-corrected chi connectivity index (χ1v) is 7.79. The van der Waals surface area contributed by atoms with E-state index in [0.29, 0.717) is 19.0 Å². The zero-order chi connectivity index (χ0) is 14.7. The Morgan fingerprint density at radius 2 is 1.75 bits per heavy atom. The maximum Gasteiger partial charge on any atom is 0.225 e. The van der Waals surface area contributed by atoms with Gasteiger partial charge in [0.1, 0.15) is 0 Å². The maximum absolute atomic E-state index is 12.5. The molecule has 20 heavy (non-hydrogen) atoms. The predicted molar refractivity (Wildman–Crippen MR) is 77.9 cm³/mol. The Kier molecular flexibility index (Phi) is 5.02. The van der Waals surface area contributed by atoms with Gasteiger partial charge in [0, 0.05) is 38.0 Å². The van der Waals surface area contributed by atoms with Crippen LogP contribution in [0.1, 0.15) is 39.0 Å². The van der Waals surface area contributed by atoms with E-state index in [-0.39, 0.29) is 29.7 Å². The predicted octanol–water partition coefficient (Wildman–Crippen LogP) is 0.735. The van der Waals surface area contributed by atoms with E-state index in [9.17, 15) is 9.59 Å². The van der Waals surface area contributed by atoms with E-state index in [1.807, 2.05) is 4.90 Å². The third kappa shape index (κ3) is 3.32. The smallest absolute Gasteiger partial charge is 0.225 e. The van der Waals surface area contributed by atoms with Gasteiger partial charge >= 0.3 is 0 Å². The highest BCUT2D eigenvalue weighted by Gasteiger charge is 2.34. The third-order valence-corrected chi connectivity index (χ3v) is 5.01. The molecular weight excluding hydrogens is 254 g/mol. The zero-order valence-electron chi connectivity index (χ0n) is 12.6. The van der Waals surface area contributed by atoms with Crippen LogP contribution in [0, 0.1) is 17.8 Å². The molecular formula is C15H27N3O2. The molecule has 0 bridgehead atoms. The molecule has 2 amide bonds. The van der Waals surface area contributed by atoms with E-state index in [1.54, 1.807) is 7.05 Å². The second-order valence-corrected chi connectivity index (χ2v) is 6.36. The standard InChI is InChI=1S/C15H27N3O2/c1-10-9-12(3-4-13(10)16)15(20)18-7-5-11(6-8-18)14(19)17-2/h10-13H,3-9,16H2,1-2H3,(H,17,19). The third-order valence-electron chi connectivity index (χ3n) is 5.01. The summed E-state index contributed by atoms with van der Waals surface area (Å²) >= 11 is 0. The van der Waals surface area contributed by atoms with Crippen LogP contribution in [0.15, 0.2) is 0 Å². The number of piperidine rings is 1. The van der Waals surface area contributed by atoms with Gasteiger partial charge in [0.15, 0.2) is 0 Å². The number of nitrogens with one attached hydrogen (secondary N) is 1. The van der Waals surface area contributed by atoms with Gasteiger partial charge in [0.25, 0.3) is 0 Å². The summed E-state index contributed by atoms with van der Waals surface area (Å²) in [5.41, 5.74) is 6.02. The van der Waals surface area contributed by atoms with Crippen molar-refractivity contribution in [2.45, 2.75) is 45.1 Å². The lowest BCUT2D eigenvalue weighted by Crippen LogP contribution is -2.46. The molecule has 0 spiro atoms. The summed E-state index contributed by atoms with van der Waals surface area (Å²) in [6, 6.07) is 0.248. The Balaban J connectivity index is 1.84. The van der Waals surface area contributed by atoms with Gasteiger partial charge in [-0.25, -0.2) is 0 Å². The number of carbonyl (C=O) groups is 2. The average Bonchev–Trinajstić information content (AvgIpc) is 2.48. The van der Waals surface area contributed by atoms with Crippen LogP contribution in [0.25, 0.3) is 0 Å². The molecule has 1 heterocycles. The lowest BCUT2D eigenvalue weighted by Gasteiger charge is -2.37. The van der Waals surface area contributed by atoms with Gasteiger partial charge in [-0.2, -0.15) is 0 Å². The van der Waals surface area contributed by atoms with Crippen molar-refractivity contribution in [3.05, 3.63) is 0 Å². The molecule has 1 saturated carbocycles. The minimum absolute atomic E-state index is 0.0720. The van der Waals surface area contributed by atoms with Gasteiger partial charge in [-0.1, -0.05) is 6.92 Å². The van der Waals surface area contributed by atoms with Crippen LogP contribution in [0.3, 0.4) is 0 Å². The fraction of sp³-hybridized carbons (Fsp3) is 0.867. The maximum atomic E-state index is 12.5. The number of hydrogen-bond acceptors (Lipinski definition) is 3. The molecule has 0 aromatic rings. The van der Waals surface area contributed by atoms with Gasteiger partial charge in [0.05, 0.1) is 0 Å². The summed E-state index contributed by atoms with van der Waals surface area (Å²) in [5, 5.41) is 2.70. The molecule has 0 radical (unpaired) electrons. The van der Waals surface area contributed by atoms with Crippen LogP contribution in [0.5, 0.6) is 0 Å². The average molecular weight is 281 g/mol. The molecule has 2 rings (SSSR count). The van der Waals surface area contributed by atoms with Crippen molar-refractivity contribution in [3.8, 4) is 0 Å². The van der Waals surface area contributed by atoms with Crippen LogP contribution >= 0.6 is 0 Å². The van der Waals surface area contributed by atoms with Gasteiger partial charge in [0.2, 0.25) is 11.8 Å². The summed E-state index contributed by atoms with van der Waals surface area (Å²) in [7, 11) is 1.67. The monoisotopic (exact) mass is 281 g/mol. The molecule has 5 nitrogen and oxygen atoms in total. The van der Waals surface area contributed by atoms with Crippen molar-refractivity contribution in [2.24, 2.45) is 23.5 Å². The summed E-state index contributed by atoms with van der Waals surface area (Å²) in [5.74, 6) is 1.03. The van der Waals surface area contributed by atoms with Crippen LogP contribution in [0.2, 0.25) is 0 Å². The number of hydrogen-bond donors (Lipinski definition) is 2. The number of nitrogens with zero attached hydrogens (tertiary/aromatic N) is 1. The molecule has 114 valence electrons. The molecule has 0 aromatic carbocycles. The summed E-state index contributed by atoms with van der Waals surface area (Å²) in [6.45, 7) is 3.57. The van der Waals surface area contributed by atoms with E-state index in [1.165, 1.54) is 0 Å². The minimum Gasteiger partial charge on any atom is -0.359 e. The summed E-state index contributed by atoms with van der Waals surface area (Å²) in [6.07, 6.45) is 4.35. The first kappa shape index (κ1) is 15.3. The van der Waals surface area contributed by atoms with Crippen LogP contribution < -0.4 is 11.1 Å². The zero-order valence-corrected chi connectivity index (χ0v) is 12.6. The fourth-order valence-electron chi connectivity index (χ4n) is 3.47. The largest absolute Gasteiger partial charge is 0.359 e. The van der Waals surface area contributed by atoms with Gasteiger partial charge in [-0.3, -0.25) is 9.59 Å². The Hall–Kier alpha value is -1.10. The quantitative estimate of drug-likeness (QED) is 0.783. The second-order valence-electron chi connectivity index (χ2n) is 6.36. The summed E-state index contributed by atoms with van der Waals surface area (Å²) < 4.78 is 0. The van der Waals surface area contributed by atoms with Gasteiger partial charge < -0.3 is 16.0 Å². The molecule has 3 unspecified atom stereocenters. The van der Waals surface area contributed by atoms with Gasteiger partial charge in [-0.05, 0) is 38.0 Å². The van der Waals surface area contributed by atoms with Crippen molar-refractivity contribution in [2.75, 3.05) is 20.1 Å². The topological polar surface area (TPSA) is 75.4 Å². The van der Waals surface area contributed by atoms with E-state index >= 15 is 0 Å². The number of carbonyl (C=O) groups excluding carboxylic acids is 2. The summed E-state index contributed by atoms with van der Waals surface area (Å²) in [4.78, 5) is 26.1. The molecule has 1 saturated heterocycles. The van der Waals surface area contributed by atoms with Crippen molar-refractivity contribution in [3.63, 3.8) is 0 Å². The molecule has 2 aliphatic rings. The normalized spacial score (nSPS) is 31.9. The minimum atomic E-state index is 0.0720. The second kappa shape index (κ2) is 6.57. The van der Waals surface area contributed by atoms with Crippen molar-refractivity contribution in [1.29, 1.82) is 0 Å². The lowest BCUT2D eigenvalue weighted by molar-refractivity contribution is -0.140. The van der Waals surface area contributed by atoms with E-state index < -0.39 is 0 Å². The number of amides is 2. The highest BCUT2D eigenvalue weighted by Crippen LogP contribution is 2.30. The molecule has 3 atom stereocenters. The molecule has 5 heteroatoms. The number of rotatable bonds is 2. The molecule has 3 N–H and O–H groups in total. The molecule has 1 aliphatic carbocycles. The van der Waals surface area contributed by atoms with Crippen molar-refractivity contribution >= 4 is 11.8 Å². The van der Waals surface area contributed by atoms with Crippen LogP contribution in [-0.2, 0) is 9.59 Å². The first-order chi connectivity index (χ1) is 9.52. The SMILES string of the molecule is CNC(=O)C1CCN(C(=O)C2CCC(N)C(C)C2)CC1.